The summed E-state index contributed by atoms with van der Waals surface area (Å²) in [6.07, 6.45) is 1.21. The number of rotatable bonds is 6. The molecule has 0 saturated carbocycles. The summed E-state index contributed by atoms with van der Waals surface area (Å²) >= 11 is 0. The van der Waals surface area contributed by atoms with E-state index in [1.807, 2.05) is 44.2 Å². The molecule has 0 aromatic heterocycles. The Balaban J connectivity index is 1.63. The molecule has 0 N–H and O–H groups in total. The fraction of sp³-hybridized carbons (Fsp3) is 0.526. The maximum Gasteiger partial charge on any atom is 0.508 e. The first-order valence-electron chi connectivity index (χ1n) is 8.52. The molecule has 3 rings (SSSR count). The minimum absolute atomic E-state index is 0.0838. The third kappa shape index (κ3) is 4.62. The minimum Gasteiger partial charge on any atom is -0.438 e. The summed E-state index contributed by atoms with van der Waals surface area (Å²) in [5, 5.41) is 0. The molecule has 0 amide bonds. The number of carbonyl (C=O) groups excluding carboxylic acids is 1. The first-order chi connectivity index (χ1) is 12.5. The van der Waals surface area contributed by atoms with Gasteiger partial charge in [0.05, 0.1) is 13.7 Å². The summed E-state index contributed by atoms with van der Waals surface area (Å²) < 4.78 is 33.0. The average Bonchev–Trinajstić information content (AvgIpc) is 3.08. The highest BCUT2D eigenvalue weighted by Crippen LogP contribution is 2.39. The number of hydrogen-bond donors (Lipinski definition) is 0. The number of benzene rings is 1. The Morgan fingerprint density at radius 1 is 1.23 bits per heavy atom. The first kappa shape index (κ1) is 18.8. The van der Waals surface area contributed by atoms with E-state index in [9.17, 15) is 4.79 Å². The van der Waals surface area contributed by atoms with Crippen molar-refractivity contribution in [3.63, 3.8) is 0 Å². The van der Waals surface area contributed by atoms with Crippen molar-refractivity contribution < 1.29 is 33.2 Å². The van der Waals surface area contributed by atoms with Crippen molar-refractivity contribution in [2.45, 2.75) is 50.8 Å². The molecule has 0 unspecified atom stereocenters. The molecule has 2 fully saturated rings. The zero-order valence-electron chi connectivity index (χ0n) is 15.1. The largest absolute Gasteiger partial charge is 0.508 e. The molecule has 2 heterocycles. The normalized spacial score (nSPS) is 29.7. The Hall–Kier alpha value is -1.93. The van der Waals surface area contributed by atoms with E-state index < -0.39 is 18.2 Å². The van der Waals surface area contributed by atoms with Gasteiger partial charge in [-0.25, -0.2) is 4.79 Å². The maximum atomic E-state index is 11.0. The molecule has 0 aliphatic carbocycles. The molecule has 0 spiro atoms. The lowest BCUT2D eigenvalue weighted by molar-refractivity contribution is -0.213. The zero-order valence-corrected chi connectivity index (χ0v) is 15.1. The van der Waals surface area contributed by atoms with E-state index >= 15 is 0 Å². The Morgan fingerprint density at radius 2 is 2.00 bits per heavy atom. The molecule has 1 aromatic carbocycles. The van der Waals surface area contributed by atoms with Crippen molar-refractivity contribution >= 4 is 6.16 Å². The van der Waals surface area contributed by atoms with E-state index in [2.05, 4.69) is 4.74 Å². The summed E-state index contributed by atoms with van der Waals surface area (Å²) in [4.78, 5) is 11.0. The summed E-state index contributed by atoms with van der Waals surface area (Å²) in [6.45, 7) is 4.21. The summed E-state index contributed by atoms with van der Waals surface area (Å²) in [5.74, 6) is -0.716. The lowest BCUT2D eigenvalue weighted by Crippen LogP contribution is -2.36. The van der Waals surface area contributed by atoms with Gasteiger partial charge in [-0.3, -0.25) is 0 Å². The average molecular weight is 364 g/mol. The molecule has 1 aromatic rings. The molecule has 7 heteroatoms. The van der Waals surface area contributed by atoms with Crippen molar-refractivity contribution in [3.8, 4) is 0 Å². The van der Waals surface area contributed by atoms with E-state index in [-0.39, 0.29) is 24.9 Å². The maximum absolute atomic E-state index is 11.0. The third-order valence-electron chi connectivity index (χ3n) is 4.10. The van der Waals surface area contributed by atoms with Crippen LogP contribution in [0.4, 0.5) is 4.79 Å². The number of hydrogen-bond acceptors (Lipinski definition) is 7. The topological polar surface area (TPSA) is 72.5 Å². The molecular weight excluding hydrogens is 340 g/mol. The number of ether oxygens (including phenoxy) is 6. The zero-order chi connectivity index (χ0) is 18.6. The van der Waals surface area contributed by atoms with Crippen LogP contribution in [0.2, 0.25) is 0 Å². The molecule has 0 radical (unpaired) electrons. The predicted octanol–water partition coefficient (Wildman–Crippen LogP) is 2.79. The number of fused-ring (bicyclic) bond motifs is 1. The monoisotopic (exact) mass is 364 g/mol. The molecule has 2 aliphatic rings. The van der Waals surface area contributed by atoms with Crippen LogP contribution in [0.1, 0.15) is 19.4 Å². The van der Waals surface area contributed by atoms with Crippen molar-refractivity contribution in [3.05, 3.63) is 48.0 Å². The minimum atomic E-state index is -0.732. The van der Waals surface area contributed by atoms with Crippen LogP contribution in [0.15, 0.2) is 42.5 Å². The van der Waals surface area contributed by atoms with Crippen LogP contribution in [0, 0.1) is 0 Å². The summed E-state index contributed by atoms with van der Waals surface area (Å²) in [6, 6.07) is 9.89. The SMILES string of the molecule is COC(=O)OC/C=C/[C@H]1O[C@@H]2OC(C)(C)O[C@@H]2[C@H]1OCc1ccccc1. The van der Waals surface area contributed by atoms with E-state index in [0.29, 0.717) is 6.61 Å². The van der Waals surface area contributed by atoms with Crippen LogP contribution in [0.25, 0.3) is 0 Å². The van der Waals surface area contributed by atoms with E-state index in [1.54, 1.807) is 12.2 Å². The van der Waals surface area contributed by atoms with Crippen LogP contribution < -0.4 is 0 Å². The molecule has 7 nitrogen and oxygen atoms in total. The second-order valence-electron chi connectivity index (χ2n) is 6.52. The Kier molecular flexibility index (Phi) is 5.93. The Labute approximate surface area is 152 Å². The van der Waals surface area contributed by atoms with Gasteiger partial charge in [0.25, 0.3) is 0 Å². The molecule has 26 heavy (non-hydrogen) atoms. The number of methoxy groups -OCH3 is 1. The smallest absolute Gasteiger partial charge is 0.438 e. The van der Waals surface area contributed by atoms with E-state index in [1.165, 1.54) is 7.11 Å². The fourth-order valence-electron chi connectivity index (χ4n) is 2.98. The third-order valence-corrected chi connectivity index (χ3v) is 4.10. The van der Waals surface area contributed by atoms with Gasteiger partial charge >= 0.3 is 6.16 Å². The fourth-order valence-corrected chi connectivity index (χ4v) is 2.98. The molecular formula is C19H24O7. The van der Waals surface area contributed by atoms with E-state index in [4.69, 9.17) is 23.7 Å². The lowest BCUT2D eigenvalue weighted by atomic mass is 10.1. The van der Waals surface area contributed by atoms with Gasteiger partial charge in [0.15, 0.2) is 12.1 Å². The van der Waals surface area contributed by atoms with Gasteiger partial charge < -0.3 is 28.4 Å². The second-order valence-corrected chi connectivity index (χ2v) is 6.52. The molecule has 4 atom stereocenters. The van der Waals surface area contributed by atoms with Gasteiger partial charge in [0.2, 0.25) is 0 Å². The van der Waals surface area contributed by atoms with Gasteiger partial charge in [0.1, 0.15) is 24.9 Å². The van der Waals surface area contributed by atoms with Crippen LogP contribution >= 0.6 is 0 Å². The second kappa shape index (κ2) is 8.18. The van der Waals surface area contributed by atoms with Crippen molar-refractivity contribution in [1.29, 1.82) is 0 Å². The van der Waals surface area contributed by atoms with E-state index in [0.717, 1.165) is 5.56 Å². The predicted molar refractivity (Wildman–Crippen MR) is 91.2 cm³/mol. The Bertz CT molecular complexity index is 628. The standard InChI is InChI=1S/C19H24O7/c1-19(2)25-16-15(23-12-13-8-5-4-6-9-13)14(24-17(16)26-19)10-7-11-22-18(20)21-3/h4-10,14-17H,11-12H2,1-3H3/b10-7+/t14-,15+,16-,17-/m1/s1. The quantitative estimate of drug-likeness (QED) is 0.568. The van der Waals surface area contributed by atoms with Gasteiger partial charge in [-0.2, -0.15) is 0 Å². The number of carbonyl (C=O) groups is 1. The highest BCUT2D eigenvalue weighted by atomic mass is 16.8. The van der Waals surface area contributed by atoms with Crippen molar-refractivity contribution in [2.75, 3.05) is 13.7 Å². The Morgan fingerprint density at radius 3 is 2.73 bits per heavy atom. The van der Waals surface area contributed by atoms with Crippen LogP contribution in [-0.4, -0.2) is 50.3 Å². The van der Waals surface area contributed by atoms with Gasteiger partial charge in [0, 0.05) is 0 Å². The first-order valence-corrected chi connectivity index (χ1v) is 8.52. The van der Waals surface area contributed by atoms with Crippen molar-refractivity contribution in [2.24, 2.45) is 0 Å². The van der Waals surface area contributed by atoms with Gasteiger partial charge in [-0.1, -0.05) is 36.4 Å². The van der Waals surface area contributed by atoms with Gasteiger partial charge in [-0.15, -0.1) is 0 Å². The van der Waals surface area contributed by atoms with Crippen LogP contribution in [0.5, 0.6) is 0 Å². The summed E-state index contributed by atoms with van der Waals surface area (Å²) in [7, 11) is 1.26. The molecule has 2 saturated heterocycles. The van der Waals surface area contributed by atoms with Gasteiger partial charge in [-0.05, 0) is 25.5 Å². The molecule has 2 aliphatic heterocycles. The molecule has 142 valence electrons. The summed E-state index contributed by atoms with van der Waals surface area (Å²) in [5.41, 5.74) is 1.06. The molecule has 0 bridgehead atoms. The van der Waals surface area contributed by atoms with Crippen molar-refractivity contribution in [1.82, 2.24) is 0 Å². The van der Waals surface area contributed by atoms with Crippen LogP contribution in [-0.2, 0) is 35.0 Å². The van der Waals surface area contributed by atoms with Crippen LogP contribution in [0.3, 0.4) is 0 Å². The highest BCUT2D eigenvalue weighted by Gasteiger charge is 2.54. The lowest BCUT2D eigenvalue weighted by Gasteiger charge is -2.24. The highest BCUT2D eigenvalue weighted by molar-refractivity contribution is 5.59.